The van der Waals surface area contributed by atoms with Crippen LogP contribution in [0.4, 0.5) is 11.5 Å². The summed E-state index contributed by atoms with van der Waals surface area (Å²) in [5, 5.41) is 3.43. The summed E-state index contributed by atoms with van der Waals surface area (Å²) in [6, 6.07) is 10.3. The molecule has 0 aliphatic carbocycles. The molecule has 0 fully saturated rings. The Morgan fingerprint density at radius 2 is 2.10 bits per heavy atom. The minimum absolute atomic E-state index is 0.103. The number of hydrogen-bond donors (Lipinski definition) is 1. The lowest BCUT2D eigenvalue weighted by molar-refractivity contribution is 0.232. The molecule has 0 amide bonds. The Bertz CT molecular complexity index is 615. The van der Waals surface area contributed by atoms with Crippen LogP contribution in [0, 0.1) is 0 Å². The normalized spacial score (nSPS) is 14.7. The molecular weight excluding hydrogens is 264 g/mol. The second-order valence-corrected chi connectivity index (χ2v) is 5.34. The Morgan fingerprint density at radius 3 is 2.95 bits per heavy atom. The van der Waals surface area contributed by atoms with Gasteiger partial charge in [0.25, 0.3) is 0 Å². The maximum atomic E-state index is 5.67. The highest BCUT2D eigenvalue weighted by atomic mass is 16.5. The Kier molecular flexibility index (Phi) is 4.01. The molecule has 1 N–H and O–H groups in total. The second kappa shape index (κ2) is 6.10. The molecule has 2 aromatic rings. The molecule has 1 aliphatic rings. The van der Waals surface area contributed by atoms with Gasteiger partial charge in [-0.3, -0.25) is 0 Å². The predicted molar refractivity (Wildman–Crippen MR) is 83.0 cm³/mol. The fourth-order valence-electron chi connectivity index (χ4n) is 2.48. The van der Waals surface area contributed by atoms with Crippen molar-refractivity contribution in [2.24, 2.45) is 0 Å². The second-order valence-electron chi connectivity index (χ2n) is 5.34. The van der Waals surface area contributed by atoms with Crippen LogP contribution in [0.15, 0.2) is 36.7 Å². The molecule has 110 valence electrons. The molecule has 2 heterocycles. The molecule has 5 nitrogen and oxygen atoms in total. The highest BCUT2D eigenvalue weighted by Crippen LogP contribution is 2.29. The van der Waals surface area contributed by atoms with E-state index in [0.717, 1.165) is 25.5 Å². The first kappa shape index (κ1) is 13.8. The van der Waals surface area contributed by atoms with Crippen LogP contribution in [0.1, 0.15) is 19.4 Å². The lowest BCUT2D eigenvalue weighted by Crippen LogP contribution is -2.25. The van der Waals surface area contributed by atoms with E-state index in [9.17, 15) is 0 Å². The molecular formula is C16H20N4O. The molecule has 0 atom stereocenters. The van der Waals surface area contributed by atoms with Crippen molar-refractivity contribution < 1.29 is 4.74 Å². The highest BCUT2D eigenvalue weighted by molar-refractivity contribution is 5.64. The van der Waals surface area contributed by atoms with Gasteiger partial charge in [0, 0.05) is 31.4 Å². The number of ether oxygens (including phenoxy) is 1. The first-order chi connectivity index (χ1) is 10.2. The molecule has 0 spiro atoms. The molecule has 0 radical (unpaired) electrons. The van der Waals surface area contributed by atoms with Gasteiger partial charge in [0.1, 0.15) is 12.1 Å². The molecule has 1 aliphatic heterocycles. The number of aromatic nitrogens is 2. The van der Waals surface area contributed by atoms with Crippen LogP contribution < -0.4 is 15.0 Å². The molecule has 3 rings (SSSR count). The van der Waals surface area contributed by atoms with Gasteiger partial charge in [-0.05, 0) is 25.5 Å². The van der Waals surface area contributed by atoms with Crippen molar-refractivity contribution in [2.45, 2.75) is 26.5 Å². The number of hydrogen-bond acceptors (Lipinski definition) is 5. The van der Waals surface area contributed by atoms with Crippen molar-refractivity contribution in [2.75, 3.05) is 18.0 Å². The van der Waals surface area contributed by atoms with Crippen LogP contribution >= 0.6 is 0 Å². The molecule has 1 aromatic heterocycles. The summed E-state index contributed by atoms with van der Waals surface area (Å²) in [5.74, 6) is 1.49. The lowest BCUT2D eigenvalue weighted by atomic mass is 10.1. The monoisotopic (exact) mass is 284 g/mol. The minimum Gasteiger partial charge on any atom is -0.475 e. The van der Waals surface area contributed by atoms with Gasteiger partial charge in [0.15, 0.2) is 0 Å². The zero-order chi connectivity index (χ0) is 14.7. The van der Waals surface area contributed by atoms with Crippen LogP contribution in [0.5, 0.6) is 5.88 Å². The third-order valence-corrected chi connectivity index (χ3v) is 3.37. The molecule has 21 heavy (non-hydrogen) atoms. The maximum absolute atomic E-state index is 5.67. The summed E-state index contributed by atoms with van der Waals surface area (Å²) in [5.41, 5.74) is 2.47. The lowest BCUT2D eigenvalue weighted by Gasteiger charge is -2.23. The largest absolute Gasteiger partial charge is 0.475 e. The van der Waals surface area contributed by atoms with Gasteiger partial charge < -0.3 is 15.0 Å². The molecule has 0 saturated heterocycles. The van der Waals surface area contributed by atoms with Gasteiger partial charge in [-0.2, -0.15) is 0 Å². The summed E-state index contributed by atoms with van der Waals surface area (Å²) < 4.78 is 5.67. The summed E-state index contributed by atoms with van der Waals surface area (Å²) in [7, 11) is 0. The van der Waals surface area contributed by atoms with Crippen molar-refractivity contribution >= 4 is 11.5 Å². The number of fused-ring (bicyclic) bond motifs is 1. The van der Waals surface area contributed by atoms with E-state index < -0.39 is 0 Å². The van der Waals surface area contributed by atoms with Crippen LogP contribution in [-0.4, -0.2) is 29.2 Å². The molecule has 0 unspecified atom stereocenters. The minimum atomic E-state index is 0.103. The number of rotatable bonds is 3. The van der Waals surface area contributed by atoms with Crippen molar-refractivity contribution in [1.82, 2.24) is 15.3 Å². The zero-order valence-corrected chi connectivity index (χ0v) is 12.4. The average Bonchev–Trinajstić information content (AvgIpc) is 2.69. The molecule has 1 aromatic carbocycles. The molecule has 0 bridgehead atoms. The van der Waals surface area contributed by atoms with Crippen LogP contribution in [0.3, 0.4) is 0 Å². The van der Waals surface area contributed by atoms with Gasteiger partial charge in [-0.25, -0.2) is 9.97 Å². The van der Waals surface area contributed by atoms with E-state index in [1.807, 2.05) is 19.9 Å². The van der Waals surface area contributed by atoms with E-state index in [0.29, 0.717) is 5.88 Å². The first-order valence-electron chi connectivity index (χ1n) is 7.29. The van der Waals surface area contributed by atoms with Crippen LogP contribution in [0.25, 0.3) is 0 Å². The molecule has 0 saturated carbocycles. The maximum Gasteiger partial charge on any atom is 0.218 e. The summed E-state index contributed by atoms with van der Waals surface area (Å²) >= 11 is 0. The highest BCUT2D eigenvalue weighted by Gasteiger charge is 2.17. The number of nitrogens with one attached hydrogen (secondary N) is 1. The smallest absolute Gasteiger partial charge is 0.218 e. The first-order valence-corrected chi connectivity index (χ1v) is 7.29. The number of para-hydroxylation sites is 1. The van der Waals surface area contributed by atoms with Crippen LogP contribution in [-0.2, 0) is 6.54 Å². The van der Waals surface area contributed by atoms with E-state index in [2.05, 4.69) is 44.5 Å². The van der Waals surface area contributed by atoms with Crippen LogP contribution in [0.2, 0.25) is 0 Å². The summed E-state index contributed by atoms with van der Waals surface area (Å²) in [6.07, 6.45) is 1.67. The standard InChI is InChI=1S/C16H20N4O/c1-12(2)21-16-9-15(18-11-19-16)20-8-7-17-10-13-5-3-4-6-14(13)20/h3-6,9,11-12,17H,7-8,10H2,1-2H3. The van der Waals surface area contributed by atoms with Gasteiger partial charge in [-0.1, -0.05) is 18.2 Å². The quantitative estimate of drug-likeness (QED) is 0.938. The molecule has 5 heteroatoms. The van der Waals surface area contributed by atoms with Crippen molar-refractivity contribution in [3.8, 4) is 5.88 Å². The number of nitrogens with zero attached hydrogens (tertiary/aromatic N) is 3. The third kappa shape index (κ3) is 3.13. The van der Waals surface area contributed by atoms with E-state index >= 15 is 0 Å². The van der Waals surface area contributed by atoms with Gasteiger partial charge in [0.05, 0.1) is 6.10 Å². The Balaban J connectivity index is 1.96. The van der Waals surface area contributed by atoms with E-state index in [1.54, 1.807) is 6.33 Å². The number of benzene rings is 1. The van der Waals surface area contributed by atoms with E-state index in [1.165, 1.54) is 11.3 Å². The predicted octanol–water partition coefficient (Wildman–Crippen LogP) is 2.51. The van der Waals surface area contributed by atoms with Crippen molar-refractivity contribution in [3.05, 3.63) is 42.2 Å². The number of anilines is 2. The van der Waals surface area contributed by atoms with Crippen molar-refractivity contribution in [3.63, 3.8) is 0 Å². The summed E-state index contributed by atoms with van der Waals surface area (Å²) in [4.78, 5) is 10.8. The fraction of sp³-hybridized carbons (Fsp3) is 0.375. The Hall–Kier alpha value is -2.14. The fourth-order valence-corrected chi connectivity index (χ4v) is 2.48. The Labute approximate surface area is 125 Å². The van der Waals surface area contributed by atoms with E-state index in [-0.39, 0.29) is 6.10 Å². The Morgan fingerprint density at radius 1 is 1.24 bits per heavy atom. The SMILES string of the molecule is CC(C)Oc1cc(N2CCNCc3ccccc32)ncn1. The van der Waals surface area contributed by atoms with Gasteiger partial charge in [-0.15, -0.1) is 0 Å². The zero-order valence-electron chi connectivity index (χ0n) is 12.4. The van der Waals surface area contributed by atoms with Gasteiger partial charge >= 0.3 is 0 Å². The van der Waals surface area contributed by atoms with Gasteiger partial charge in [0.2, 0.25) is 5.88 Å². The van der Waals surface area contributed by atoms with Crippen molar-refractivity contribution in [1.29, 1.82) is 0 Å². The third-order valence-electron chi connectivity index (χ3n) is 3.37. The topological polar surface area (TPSA) is 50.3 Å². The summed E-state index contributed by atoms with van der Waals surface area (Å²) in [6.45, 7) is 6.65. The van der Waals surface area contributed by atoms with E-state index in [4.69, 9.17) is 4.74 Å². The average molecular weight is 284 g/mol.